The van der Waals surface area contributed by atoms with E-state index in [9.17, 15) is 0 Å². The quantitative estimate of drug-likeness (QED) is 0.646. The van der Waals surface area contributed by atoms with E-state index in [1.165, 1.54) is 16.7 Å². The monoisotopic (exact) mass is 431 g/mol. The molecule has 5 nitrogen and oxygen atoms in total. The summed E-state index contributed by atoms with van der Waals surface area (Å²) in [6, 6.07) is 27.2. The molecule has 168 valence electrons. The van der Waals surface area contributed by atoms with E-state index < -0.39 is 0 Å². The summed E-state index contributed by atoms with van der Waals surface area (Å²) >= 11 is 0. The van der Waals surface area contributed by atoms with Gasteiger partial charge in [-0.2, -0.15) is 0 Å². The van der Waals surface area contributed by atoms with E-state index in [1.54, 1.807) is 0 Å². The summed E-state index contributed by atoms with van der Waals surface area (Å²) in [5, 5.41) is 7.18. The van der Waals surface area contributed by atoms with Crippen LogP contribution in [0.1, 0.15) is 16.7 Å². The molecule has 3 aromatic rings. The van der Waals surface area contributed by atoms with Crippen molar-refractivity contribution in [2.75, 3.05) is 39.4 Å². The Kier molecular flexibility index (Phi) is 8.55. The van der Waals surface area contributed by atoms with Crippen LogP contribution in [-0.2, 0) is 19.6 Å². The molecule has 32 heavy (non-hydrogen) atoms. The minimum Gasteiger partial charge on any atom is -0.490 e. The summed E-state index contributed by atoms with van der Waals surface area (Å²) < 4.78 is 12.1. The fourth-order valence-corrected chi connectivity index (χ4v) is 3.92. The number of nitrogens with zero attached hydrogens (tertiary/aromatic N) is 1. The highest BCUT2D eigenvalue weighted by molar-refractivity contribution is 5.34. The Morgan fingerprint density at radius 2 is 1.12 bits per heavy atom. The molecule has 0 atom stereocenters. The standard InChI is InChI=1S/C27H33N3O2/c1-2-8-23(9-3-1)22-30-16-14-28-20-24-10-4-6-12-26(24)31-18-19-32-27-13-7-5-11-25(27)21-29-15-17-30/h1-13,28-29H,14-22H2. The third-order valence-corrected chi connectivity index (χ3v) is 5.63. The largest absolute Gasteiger partial charge is 0.490 e. The number of fused-ring (bicyclic) bond motifs is 2. The van der Waals surface area contributed by atoms with Crippen molar-refractivity contribution in [1.29, 1.82) is 0 Å². The molecule has 0 saturated heterocycles. The first-order chi connectivity index (χ1) is 15.9. The average molecular weight is 432 g/mol. The van der Waals surface area contributed by atoms with Gasteiger partial charge in [0.1, 0.15) is 24.7 Å². The van der Waals surface area contributed by atoms with Gasteiger partial charge in [-0.15, -0.1) is 0 Å². The van der Waals surface area contributed by atoms with Gasteiger partial charge >= 0.3 is 0 Å². The molecule has 0 fully saturated rings. The Labute approximate surface area is 191 Å². The van der Waals surface area contributed by atoms with E-state index in [-0.39, 0.29) is 0 Å². The molecular formula is C27H33N3O2. The van der Waals surface area contributed by atoms with Gasteiger partial charge in [0.15, 0.2) is 0 Å². The van der Waals surface area contributed by atoms with Gasteiger partial charge < -0.3 is 20.1 Å². The van der Waals surface area contributed by atoms with Crippen LogP contribution in [-0.4, -0.2) is 44.3 Å². The first-order valence-electron chi connectivity index (χ1n) is 11.5. The number of ether oxygens (including phenoxy) is 2. The third-order valence-electron chi connectivity index (χ3n) is 5.63. The maximum Gasteiger partial charge on any atom is 0.123 e. The van der Waals surface area contributed by atoms with Crippen molar-refractivity contribution in [3.8, 4) is 11.5 Å². The average Bonchev–Trinajstić information content (AvgIpc) is 2.84. The fraction of sp³-hybridized carbons (Fsp3) is 0.333. The van der Waals surface area contributed by atoms with Crippen LogP contribution >= 0.6 is 0 Å². The number of hydrogen-bond acceptors (Lipinski definition) is 5. The molecule has 2 N–H and O–H groups in total. The Morgan fingerprint density at radius 3 is 1.69 bits per heavy atom. The third kappa shape index (κ3) is 6.82. The fourth-order valence-electron chi connectivity index (χ4n) is 3.92. The van der Waals surface area contributed by atoms with Crippen molar-refractivity contribution in [1.82, 2.24) is 15.5 Å². The maximum absolute atomic E-state index is 6.04. The molecule has 0 unspecified atom stereocenters. The second-order valence-electron chi connectivity index (χ2n) is 8.03. The molecule has 0 aromatic heterocycles. The molecule has 1 aliphatic heterocycles. The summed E-state index contributed by atoms with van der Waals surface area (Å²) in [5.74, 6) is 1.84. The molecular weight excluding hydrogens is 398 g/mol. The zero-order chi connectivity index (χ0) is 21.8. The number of hydrogen-bond donors (Lipinski definition) is 2. The lowest BCUT2D eigenvalue weighted by atomic mass is 10.2. The van der Waals surface area contributed by atoms with E-state index in [1.807, 2.05) is 24.3 Å². The summed E-state index contributed by atoms with van der Waals surface area (Å²) in [6.45, 7) is 7.38. The van der Waals surface area contributed by atoms with Crippen molar-refractivity contribution >= 4 is 0 Å². The van der Waals surface area contributed by atoms with E-state index in [2.05, 4.69) is 70.1 Å². The van der Waals surface area contributed by atoms with Crippen molar-refractivity contribution < 1.29 is 9.47 Å². The van der Waals surface area contributed by atoms with Gasteiger partial charge in [0.25, 0.3) is 0 Å². The Hall–Kier alpha value is -2.86. The predicted molar refractivity (Wildman–Crippen MR) is 129 cm³/mol. The molecule has 0 spiro atoms. The zero-order valence-electron chi connectivity index (χ0n) is 18.6. The van der Waals surface area contributed by atoms with Crippen LogP contribution < -0.4 is 20.1 Å². The summed E-state index contributed by atoms with van der Waals surface area (Å²) in [7, 11) is 0. The predicted octanol–water partition coefficient (Wildman–Crippen LogP) is 3.84. The van der Waals surface area contributed by atoms with Gasteiger partial charge in [-0.1, -0.05) is 66.7 Å². The van der Waals surface area contributed by atoms with Gasteiger partial charge in [-0.25, -0.2) is 0 Å². The van der Waals surface area contributed by atoms with Crippen molar-refractivity contribution in [2.45, 2.75) is 19.6 Å². The van der Waals surface area contributed by atoms with Crippen LogP contribution in [0.15, 0.2) is 78.9 Å². The molecule has 5 heteroatoms. The number of para-hydroxylation sites is 2. The molecule has 0 aliphatic carbocycles. The summed E-state index contributed by atoms with van der Waals surface area (Å²) in [5.41, 5.74) is 3.69. The lowest BCUT2D eigenvalue weighted by molar-refractivity contribution is 0.214. The molecule has 1 heterocycles. The van der Waals surface area contributed by atoms with Crippen LogP contribution in [0.5, 0.6) is 11.5 Å². The molecule has 0 amide bonds. The van der Waals surface area contributed by atoms with Gasteiger partial charge in [0, 0.05) is 56.9 Å². The first kappa shape index (κ1) is 22.3. The van der Waals surface area contributed by atoms with Gasteiger partial charge in [-0.3, -0.25) is 4.90 Å². The number of rotatable bonds is 2. The van der Waals surface area contributed by atoms with E-state index in [4.69, 9.17) is 9.47 Å². The molecule has 4 rings (SSSR count). The SMILES string of the molecule is c1ccc(CN2CCNCc3ccccc3OCCOc3ccccc3CNCC2)cc1. The Balaban J connectivity index is 1.45. The van der Waals surface area contributed by atoms with E-state index in [0.717, 1.165) is 57.3 Å². The van der Waals surface area contributed by atoms with Crippen LogP contribution in [0.4, 0.5) is 0 Å². The second kappa shape index (κ2) is 12.2. The highest BCUT2D eigenvalue weighted by Gasteiger charge is 2.09. The normalized spacial score (nSPS) is 16.6. The van der Waals surface area contributed by atoms with Crippen molar-refractivity contribution in [3.63, 3.8) is 0 Å². The number of nitrogens with one attached hydrogen (secondary N) is 2. The first-order valence-corrected chi connectivity index (χ1v) is 11.5. The Morgan fingerprint density at radius 1 is 0.625 bits per heavy atom. The topological polar surface area (TPSA) is 45.8 Å². The smallest absolute Gasteiger partial charge is 0.123 e. The molecule has 1 aliphatic rings. The minimum atomic E-state index is 0.517. The maximum atomic E-state index is 6.04. The van der Waals surface area contributed by atoms with Crippen LogP contribution in [0.25, 0.3) is 0 Å². The molecule has 0 bridgehead atoms. The van der Waals surface area contributed by atoms with Crippen LogP contribution in [0.3, 0.4) is 0 Å². The van der Waals surface area contributed by atoms with Gasteiger partial charge in [0.2, 0.25) is 0 Å². The van der Waals surface area contributed by atoms with Crippen LogP contribution in [0, 0.1) is 0 Å². The lowest BCUT2D eigenvalue weighted by Crippen LogP contribution is -2.36. The minimum absolute atomic E-state index is 0.517. The highest BCUT2D eigenvalue weighted by Crippen LogP contribution is 2.20. The van der Waals surface area contributed by atoms with E-state index >= 15 is 0 Å². The number of benzene rings is 3. The van der Waals surface area contributed by atoms with Crippen LogP contribution in [0.2, 0.25) is 0 Å². The molecule has 3 aromatic carbocycles. The zero-order valence-corrected chi connectivity index (χ0v) is 18.6. The second-order valence-corrected chi connectivity index (χ2v) is 8.03. The lowest BCUT2D eigenvalue weighted by Gasteiger charge is -2.23. The van der Waals surface area contributed by atoms with Gasteiger partial charge in [-0.05, 0) is 17.7 Å². The molecule has 0 saturated carbocycles. The van der Waals surface area contributed by atoms with Gasteiger partial charge in [0.05, 0.1) is 0 Å². The molecule has 0 radical (unpaired) electrons. The Bertz CT molecular complexity index is 891. The van der Waals surface area contributed by atoms with Crippen molar-refractivity contribution in [3.05, 3.63) is 95.6 Å². The van der Waals surface area contributed by atoms with Crippen molar-refractivity contribution in [2.24, 2.45) is 0 Å². The highest BCUT2D eigenvalue weighted by atomic mass is 16.5. The van der Waals surface area contributed by atoms with E-state index in [0.29, 0.717) is 13.2 Å². The summed E-state index contributed by atoms with van der Waals surface area (Å²) in [6.07, 6.45) is 0. The summed E-state index contributed by atoms with van der Waals surface area (Å²) in [4.78, 5) is 2.50.